The lowest BCUT2D eigenvalue weighted by atomic mass is 9.93. The number of hydrogen-bond acceptors (Lipinski definition) is 4. The lowest BCUT2D eigenvalue weighted by Crippen LogP contribution is -2.35. The fourth-order valence-electron chi connectivity index (χ4n) is 1.53. The van der Waals surface area contributed by atoms with E-state index in [2.05, 4.69) is 4.74 Å². The molecular formula is C11H11F2NO4. The lowest BCUT2D eigenvalue weighted by molar-refractivity contribution is -0.559. The molecule has 0 N–H and O–H groups in total. The molecule has 98 valence electrons. The van der Waals surface area contributed by atoms with E-state index < -0.39 is 29.3 Å². The molecule has 1 rings (SSSR count). The highest BCUT2D eigenvalue weighted by molar-refractivity contribution is 5.75. The van der Waals surface area contributed by atoms with Crippen molar-refractivity contribution in [3.63, 3.8) is 0 Å². The van der Waals surface area contributed by atoms with Gasteiger partial charge in [-0.25, -0.2) is 9.18 Å². The Hall–Kier alpha value is -2.05. The predicted molar refractivity (Wildman–Crippen MR) is 58.0 cm³/mol. The van der Waals surface area contributed by atoms with Crippen LogP contribution in [0.3, 0.4) is 0 Å². The maximum absolute atomic E-state index is 13.7. The number of hydrogen-bond donors (Lipinski definition) is 0. The average Bonchev–Trinajstić information content (AvgIpc) is 2.38. The van der Waals surface area contributed by atoms with Crippen molar-refractivity contribution in [2.45, 2.75) is 18.4 Å². The fraction of sp³-hybridized carbons (Fsp3) is 0.364. The monoisotopic (exact) mass is 259 g/mol. The second-order valence-corrected chi connectivity index (χ2v) is 3.52. The van der Waals surface area contributed by atoms with Crippen molar-refractivity contribution < 1.29 is 23.2 Å². The minimum absolute atomic E-state index is 0.0274. The number of esters is 1. The molecule has 3 atom stereocenters. The standard InChI is InChI=1S/C11H11F2NO4/c1-18-11(15)9(12)8(10(13)14(16)17)7-5-3-2-4-6-7/h2-6,8-10H,1H3. The van der Waals surface area contributed by atoms with E-state index in [0.29, 0.717) is 0 Å². The van der Waals surface area contributed by atoms with Gasteiger partial charge in [-0.05, 0) is 5.56 Å². The van der Waals surface area contributed by atoms with Gasteiger partial charge in [-0.3, -0.25) is 10.1 Å². The zero-order valence-corrected chi connectivity index (χ0v) is 9.45. The minimum Gasteiger partial charge on any atom is -0.467 e. The van der Waals surface area contributed by atoms with E-state index in [1.54, 1.807) is 6.07 Å². The highest BCUT2D eigenvalue weighted by Gasteiger charge is 2.43. The van der Waals surface area contributed by atoms with Crippen molar-refractivity contribution in [3.8, 4) is 0 Å². The number of rotatable bonds is 5. The second-order valence-electron chi connectivity index (χ2n) is 3.52. The van der Waals surface area contributed by atoms with Crippen molar-refractivity contribution in [1.82, 2.24) is 0 Å². The van der Waals surface area contributed by atoms with Crippen molar-refractivity contribution in [3.05, 3.63) is 46.0 Å². The zero-order chi connectivity index (χ0) is 13.7. The number of methoxy groups -OCH3 is 1. The molecule has 0 aliphatic rings. The molecule has 0 heterocycles. The molecule has 0 amide bonds. The van der Waals surface area contributed by atoms with Crippen LogP contribution in [0.25, 0.3) is 0 Å². The molecule has 0 bridgehead atoms. The highest BCUT2D eigenvalue weighted by atomic mass is 19.1. The van der Waals surface area contributed by atoms with E-state index in [9.17, 15) is 23.7 Å². The first-order chi connectivity index (χ1) is 8.49. The first-order valence-corrected chi connectivity index (χ1v) is 5.03. The Labute approximate surface area is 102 Å². The average molecular weight is 259 g/mol. The summed E-state index contributed by atoms with van der Waals surface area (Å²) < 4.78 is 31.4. The van der Waals surface area contributed by atoms with Gasteiger partial charge in [0.1, 0.15) is 5.92 Å². The van der Waals surface area contributed by atoms with Crippen LogP contribution in [0.1, 0.15) is 11.5 Å². The topological polar surface area (TPSA) is 69.4 Å². The van der Waals surface area contributed by atoms with Crippen LogP contribution in [0.4, 0.5) is 8.78 Å². The van der Waals surface area contributed by atoms with Gasteiger partial charge in [0.25, 0.3) is 0 Å². The molecule has 0 fully saturated rings. The number of carbonyl (C=O) groups is 1. The summed E-state index contributed by atoms with van der Waals surface area (Å²) in [7, 11) is 0.927. The van der Waals surface area contributed by atoms with Gasteiger partial charge in [-0.2, -0.15) is 4.39 Å². The quantitative estimate of drug-likeness (QED) is 0.350. The maximum atomic E-state index is 13.7. The number of nitro groups is 1. The second kappa shape index (κ2) is 6.04. The Morgan fingerprint density at radius 2 is 1.89 bits per heavy atom. The molecule has 18 heavy (non-hydrogen) atoms. The molecule has 7 heteroatoms. The van der Waals surface area contributed by atoms with Crippen LogP contribution in [0, 0.1) is 10.1 Å². The minimum atomic E-state index is -2.72. The van der Waals surface area contributed by atoms with E-state index >= 15 is 0 Å². The van der Waals surface area contributed by atoms with E-state index in [1.807, 2.05) is 0 Å². The largest absolute Gasteiger partial charge is 0.467 e. The smallest absolute Gasteiger partial charge is 0.359 e. The molecule has 0 aliphatic carbocycles. The summed E-state index contributed by atoms with van der Waals surface area (Å²) >= 11 is 0. The fourth-order valence-corrected chi connectivity index (χ4v) is 1.53. The Morgan fingerprint density at radius 3 is 2.33 bits per heavy atom. The number of carbonyl (C=O) groups excluding carboxylic acids is 1. The van der Waals surface area contributed by atoms with Crippen LogP contribution < -0.4 is 0 Å². The summed E-state index contributed by atoms with van der Waals surface area (Å²) in [6.07, 6.45) is -5.15. The van der Waals surface area contributed by atoms with Crippen LogP contribution in [-0.4, -0.2) is 30.5 Å². The predicted octanol–water partition coefficient (Wildman–Crippen LogP) is 1.85. The molecular weight excluding hydrogens is 248 g/mol. The first kappa shape index (κ1) is 14.0. The summed E-state index contributed by atoms with van der Waals surface area (Å²) in [5.74, 6) is -3.16. The third kappa shape index (κ3) is 2.99. The van der Waals surface area contributed by atoms with Gasteiger partial charge in [0.05, 0.1) is 12.0 Å². The van der Waals surface area contributed by atoms with Gasteiger partial charge in [0.2, 0.25) is 6.17 Å². The van der Waals surface area contributed by atoms with Gasteiger partial charge >= 0.3 is 12.3 Å². The Bertz CT molecular complexity index is 426. The molecule has 0 saturated carbocycles. The van der Waals surface area contributed by atoms with Gasteiger partial charge in [-0.1, -0.05) is 30.3 Å². The van der Waals surface area contributed by atoms with E-state index in [-0.39, 0.29) is 5.56 Å². The first-order valence-electron chi connectivity index (χ1n) is 5.03. The zero-order valence-electron chi connectivity index (χ0n) is 9.45. The van der Waals surface area contributed by atoms with Crippen molar-refractivity contribution >= 4 is 5.97 Å². The molecule has 0 radical (unpaired) electrons. The van der Waals surface area contributed by atoms with Crippen LogP contribution >= 0.6 is 0 Å². The van der Waals surface area contributed by atoms with E-state index in [1.165, 1.54) is 24.3 Å². The molecule has 0 spiro atoms. The van der Waals surface area contributed by atoms with Crippen LogP contribution in [0.5, 0.6) is 0 Å². The summed E-state index contributed by atoms with van der Waals surface area (Å²) in [6, 6.07) is 7.16. The third-order valence-electron chi connectivity index (χ3n) is 2.42. The summed E-state index contributed by atoms with van der Waals surface area (Å²) in [5, 5.41) is 10.4. The molecule has 1 aromatic rings. The SMILES string of the molecule is COC(=O)C(F)C(c1ccccc1)C(F)[N+](=O)[O-]. The van der Waals surface area contributed by atoms with Crippen LogP contribution in [0.2, 0.25) is 0 Å². The highest BCUT2D eigenvalue weighted by Crippen LogP contribution is 2.29. The lowest BCUT2D eigenvalue weighted by Gasteiger charge is -2.18. The number of benzene rings is 1. The maximum Gasteiger partial charge on any atom is 0.359 e. The van der Waals surface area contributed by atoms with Gasteiger partial charge < -0.3 is 4.74 Å². The van der Waals surface area contributed by atoms with Crippen molar-refractivity contribution in [1.29, 1.82) is 0 Å². The summed E-state index contributed by atoms with van der Waals surface area (Å²) in [4.78, 5) is 20.2. The van der Waals surface area contributed by atoms with Crippen molar-refractivity contribution in [2.24, 2.45) is 0 Å². The van der Waals surface area contributed by atoms with Gasteiger partial charge in [0, 0.05) is 0 Å². The Balaban J connectivity index is 3.10. The van der Waals surface area contributed by atoms with E-state index in [0.717, 1.165) is 7.11 Å². The molecule has 0 saturated heterocycles. The van der Waals surface area contributed by atoms with E-state index in [4.69, 9.17) is 0 Å². The van der Waals surface area contributed by atoms with Crippen molar-refractivity contribution in [2.75, 3.05) is 7.11 Å². The van der Waals surface area contributed by atoms with Gasteiger partial charge in [0.15, 0.2) is 0 Å². The number of ether oxygens (including phenoxy) is 1. The third-order valence-corrected chi connectivity index (χ3v) is 2.42. The Kier molecular flexibility index (Phi) is 4.70. The van der Waals surface area contributed by atoms with Gasteiger partial charge in [-0.15, -0.1) is 0 Å². The molecule has 5 nitrogen and oxygen atoms in total. The number of halogens is 2. The van der Waals surface area contributed by atoms with Crippen LogP contribution in [-0.2, 0) is 9.53 Å². The number of alkyl halides is 2. The number of nitrogens with zero attached hydrogens (tertiary/aromatic N) is 1. The normalized spacial score (nSPS) is 15.5. The molecule has 1 aromatic carbocycles. The van der Waals surface area contributed by atoms with Crippen LogP contribution in [0.15, 0.2) is 30.3 Å². The molecule has 0 aromatic heterocycles. The molecule has 3 unspecified atom stereocenters. The summed E-state index contributed by atoms with van der Waals surface area (Å²) in [5.41, 5.74) is 0.0274. The Morgan fingerprint density at radius 1 is 1.33 bits per heavy atom. The summed E-state index contributed by atoms with van der Waals surface area (Å²) in [6.45, 7) is 0. The molecule has 0 aliphatic heterocycles.